The lowest BCUT2D eigenvalue weighted by Crippen LogP contribution is -2.41. The number of nitrogens with one attached hydrogen (secondary N) is 2. The van der Waals surface area contributed by atoms with Gasteiger partial charge in [0.15, 0.2) is 0 Å². The summed E-state index contributed by atoms with van der Waals surface area (Å²) in [6, 6.07) is 9.43. The van der Waals surface area contributed by atoms with Gasteiger partial charge in [0.2, 0.25) is 5.91 Å². The number of rotatable bonds is 6. The molecule has 0 aliphatic heterocycles. The molecule has 0 saturated carbocycles. The second-order valence-corrected chi connectivity index (χ2v) is 6.26. The van der Waals surface area contributed by atoms with E-state index in [1.807, 2.05) is 6.92 Å². The van der Waals surface area contributed by atoms with Crippen molar-refractivity contribution < 1.29 is 18.7 Å². The average Bonchev–Trinajstić information content (AvgIpc) is 2.60. The predicted molar refractivity (Wildman–Crippen MR) is 97.7 cm³/mol. The Balaban J connectivity index is 1.70. The Morgan fingerprint density at radius 2 is 1.85 bits per heavy atom. The van der Waals surface area contributed by atoms with Gasteiger partial charge >= 0.3 is 0 Å². The van der Waals surface area contributed by atoms with E-state index in [0.29, 0.717) is 29.4 Å². The third-order valence-electron chi connectivity index (χ3n) is 3.69. The SMILES string of the molecule is Cc1ccc(C(=O)NNC(=O)CCCOc2ccc(Cl)cc2C)cc1F. The van der Waals surface area contributed by atoms with Crippen LogP contribution in [0.4, 0.5) is 4.39 Å². The first-order valence-electron chi connectivity index (χ1n) is 8.11. The Morgan fingerprint density at radius 1 is 1.08 bits per heavy atom. The standard InChI is InChI=1S/C19H20ClFN2O3/c1-12-5-6-14(11-16(12)21)19(25)23-22-18(24)4-3-9-26-17-8-7-15(20)10-13(17)2/h5-8,10-11H,3-4,9H2,1-2H3,(H,22,24)(H,23,25). The maximum atomic E-state index is 13.4. The number of ether oxygens (including phenoxy) is 1. The summed E-state index contributed by atoms with van der Waals surface area (Å²) in [7, 11) is 0. The molecule has 7 heteroatoms. The molecule has 0 heterocycles. The van der Waals surface area contributed by atoms with Crippen LogP contribution in [-0.2, 0) is 4.79 Å². The molecule has 0 unspecified atom stereocenters. The van der Waals surface area contributed by atoms with Crippen molar-refractivity contribution in [3.8, 4) is 5.75 Å². The third-order valence-corrected chi connectivity index (χ3v) is 3.93. The highest BCUT2D eigenvalue weighted by molar-refractivity contribution is 6.30. The number of hydrazine groups is 1. The molecule has 0 saturated heterocycles. The van der Waals surface area contributed by atoms with Crippen LogP contribution in [0.15, 0.2) is 36.4 Å². The van der Waals surface area contributed by atoms with Crippen molar-refractivity contribution in [3.05, 3.63) is 63.9 Å². The van der Waals surface area contributed by atoms with Crippen molar-refractivity contribution in [2.24, 2.45) is 0 Å². The number of amides is 2. The molecule has 0 aliphatic rings. The summed E-state index contributed by atoms with van der Waals surface area (Å²) in [6.45, 7) is 3.84. The van der Waals surface area contributed by atoms with E-state index in [1.54, 1.807) is 25.1 Å². The van der Waals surface area contributed by atoms with Crippen molar-refractivity contribution in [2.45, 2.75) is 26.7 Å². The van der Waals surface area contributed by atoms with Crippen LogP contribution in [-0.4, -0.2) is 18.4 Å². The summed E-state index contributed by atoms with van der Waals surface area (Å²) in [5.41, 5.74) is 6.05. The highest BCUT2D eigenvalue weighted by Crippen LogP contribution is 2.21. The molecule has 2 rings (SSSR count). The Morgan fingerprint density at radius 3 is 2.54 bits per heavy atom. The molecule has 0 bridgehead atoms. The normalized spacial score (nSPS) is 10.3. The molecule has 2 aromatic carbocycles. The van der Waals surface area contributed by atoms with Gasteiger partial charge in [-0.05, 0) is 61.7 Å². The van der Waals surface area contributed by atoms with Gasteiger partial charge in [-0.1, -0.05) is 17.7 Å². The summed E-state index contributed by atoms with van der Waals surface area (Å²) in [5.74, 6) is -0.698. The van der Waals surface area contributed by atoms with E-state index < -0.39 is 11.7 Å². The van der Waals surface area contributed by atoms with Crippen molar-refractivity contribution in [1.29, 1.82) is 0 Å². The lowest BCUT2D eigenvalue weighted by atomic mass is 10.1. The van der Waals surface area contributed by atoms with Crippen LogP contribution in [0.1, 0.15) is 34.3 Å². The first kappa shape index (κ1) is 19.7. The second kappa shape index (κ2) is 9.20. The molecular formula is C19H20ClFN2O3. The molecule has 0 aliphatic carbocycles. The summed E-state index contributed by atoms with van der Waals surface area (Å²) < 4.78 is 19.0. The zero-order chi connectivity index (χ0) is 19.1. The van der Waals surface area contributed by atoms with Gasteiger partial charge in [-0.2, -0.15) is 0 Å². The molecule has 0 atom stereocenters. The van der Waals surface area contributed by atoms with Gasteiger partial charge in [0.1, 0.15) is 11.6 Å². The van der Waals surface area contributed by atoms with Crippen LogP contribution in [0.5, 0.6) is 5.75 Å². The number of hydrogen-bond donors (Lipinski definition) is 2. The minimum atomic E-state index is -0.578. The van der Waals surface area contributed by atoms with E-state index in [0.717, 1.165) is 11.6 Å². The molecule has 0 radical (unpaired) electrons. The molecule has 138 valence electrons. The molecule has 0 aromatic heterocycles. The van der Waals surface area contributed by atoms with E-state index >= 15 is 0 Å². The van der Waals surface area contributed by atoms with Crippen LogP contribution >= 0.6 is 11.6 Å². The van der Waals surface area contributed by atoms with Gasteiger partial charge in [0.25, 0.3) is 5.91 Å². The number of aryl methyl sites for hydroxylation is 2. The fraction of sp³-hybridized carbons (Fsp3) is 0.263. The fourth-order valence-corrected chi connectivity index (χ4v) is 2.41. The molecule has 0 spiro atoms. The third kappa shape index (κ3) is 5.74. The Kier molecular flexibility index (Phi) is 6.97. The molecular weight excluding hydrogens is 359 g/mol. The van der Waals surface area contributed by atoms with E-state index in [4.69, 9.17) is 16.3 Å². The number of hydrogen-bond acceptors (Lipinski definition) is 3. The maximum absolute atomic E-state index is 13.4. The lowest BCUT2D eigenvalue weighted by Gasteiger charge is -2.10. The Hall–Kier alpha value is -2.60. The zero-order valence-electron chi connectivity index (χ0n) is 14.6. The highest BCUT2D eigenvalue weighted by Gasteiger charge is 2.09. The van der Waals surface area contributed by atoms with Gasteiger partial charge < -0.3 is 4.74 Å². The van der Waals surface area contributed by atoms with Crippen LogP contribution in [0.25, 0.3) is 0 Å². The number of carbonyl (C=O) groups is 2. The molecule has 2 aromatic rings. The van der Waals surface area contributed by atoms with Crippen LogP contribution < -0.4 is 15.6 Å². The Bertz CT molecular complexity index is 811. The lowest BCUT2D eigenvalue weighted by molar-refractivity contribution is -0.122. The van der Waals surface area contributed by atoms with Gasteiger partial charge in [-0.3, -0.25) is 20.4 Å². The minimum Gasteiger partial charge on any atom is -0.493 e. The van der Waals surface area contributed by atoms with Crippen LogP contribution in [0.2, 0.25) is 5.02 Å². The summed E-state index contributed by atoms with van der Waals surface area (Å²) in [5, 5.41) is 0.637. The van der Waals surface area contributed by atoms with Crippen molar-refractivity contribution in [1.82, 2.24) is 10.9 Å². The Labute approximate surface area is 156 Å². The summed E-state index contributed by atoms with van der Waals surface area (Å²) in [6.07, 6.45) is 0.651. The summed E-state index contributed by atoms with van der Waals surface area (Å²) in [4.78, 5) is 23.6. The minimum absolute atomic E-state index is 0.134. The zero-order valence-corrected chi connectivity index (χ0v) is 15.3. The number of carbonyl (C=O) groups excluding carboxylic acids is 2. The average molecular weight is 379 g/mol. The topological polar surface area (TPSA) is 67.4 Å². The molecule has 2 N–H and O–H groups in total. The van der Waals surface area contributed by atoms with Crippen LogP contribution in [0, 0.1) is 19.7 Å². The first-order chi connectivity index (χ1) is 12.4. The molecule has 0 fully saturated rings. The number of halogens is 2. The van der Waals surface area contributed by atoms with Gasteiger partial charge in [0.05, 0.1) is 6.61 Å². The first-order valence-corrected chi connectivity index (χ1v) is 8.49. The van der Waals surface area contributed by atoms with Gasteiger partial charge in [-0.25, -0.2) is 4.39 Å². The predicted octanol–water partition coefficient (Wildman–Crippen LogP) is 3.72. The van der Waals surface area contributed by atoms with Gasteiger partial charge in [-0.15, -0.1) is 0 Å². The van der Waals surface area contributed by atoms with Crippen molar-refractivity contribution in [2.75, 3.05) is 6.61 Å². The monoisotopic (exact) mass is 378 g/mol. The highest BCUT2D eigenvalue weighted by atomic mass is 35.5. The molecule has 5 nitrogen and oxygen atoms in total. The largest absolute Gasteiger partial charge is 0.493 e. The summed E-state index contributed by atoms with van der Waals surface area (Å²) >= 11 is 5.88. The van der Waals surface area contributed by atoms with Crippen LogP contribution in [0.3, 0.4) is 0 Å². The van der Waals surface area contributed by atoms with Gasteiger partial charge in [0, 0.05) is 17.0 Å². The molecule has 2 amide bonds. The maximum Gasteiger partial charge on any atom is 0.269 e. The second-order valence-electron chi connectivity index (χ2n) is 5.83. The van der Waals surface area contributed by atoms with E-state index in [9.17, 15) is 14.0 Å². The fourth-order valence-electron chi connectivity index (χ4n) is 2.18. The smallest absolute Gasteiger partial charge is 0.269 e. The quantitative estimate of drug-likeness (QED) is 0.594. The van der Waals surface area contributed by atoms with E-state index in [1.165, 1.54) is 12.1 Å². The molecule has 26 heavy (non-hydrogen) atoms. The number of benzene rings is 2. The van der Waals surface area contributed by atoms with E-state index in [-0.39, 0.29) is 17.9 Å². The van der Waals surface area contributed by atoms with E-state index in [2.05, 4.69) is 10.9 Å². The van der Waals surface area contributed by atoms with Crippen molar-refractivity contribution in [3.63, 3.8) is 0 Å². The van der Waals surface area contributed by atoms with Crippen molar-refractivity contribution >= 4 is 23.4 Å².